The van der Waals surface area contributed by atoms with E-state index in [-0.39, 0.29) is 5.02 Å². The minimum absolute atomic E-state index is 0.282. The summed E-state index contributed by atoms with van der Waals surface area (Å²) in [5.41, 5.74) is 17.7. The quantitative estimate of drug-likeness (QED) is 0.191. The van der Waals surface area contributed by atoms with Crippen LogP contribution in [0.4, 0.5) is 4.39 Å². The smallest absolute Gasteiger partial charge is 0.265 e. The van der Waals surface area contributed by atoms with Crippen molar-refractivity contribution in [2.75, 3.05) is 0 Å². The zero-order valence-corrected chi connectivity index (χ0v) is 28.3. The van der Waals surface area contributed by atoms with Crippen LogP contribution in [0.2, 0.25) is 15.1 Å². The van der Waals surface area contributed by atoms with E-state index in [4.69, 9.17) is 46.3 Å². The van der Waals surface area contributed by atoms with Crippen LogP contribution in [0.15, 0.2) is 60.7 Å². The Morgan fingerprint density at radius 3 is 1.48 bits per heavy atom. The third kappa shape index (κ3) is 5.85. The van der Waals surface area contributed by atoms with E-state index in [1.807, 2.05) is 6.92 Å². The minimum atomic E-state index is -0.577. The van der Waals surface area contributed by atoms with Crippen molar-refractivity contribution in [1.82, 2.24) is 9.13 Å². The SMILES string of the molecule is Cc1c(C(N)=O)n(C)c2c(-c3ccc(Cl)cc3Cl)cc(C#N)cc12.Cc1c(C(N)=O)n(C)c2c(-c3ccc(Cl)cc3F)cc(C#N)cc12. The first kappa shape index (κ1) is 34.0. The Kier molecular flexibility index (Phi) is 9.26. The Balaban J connectivity index is 0.000000188. The average molecular weight is 700 g/mol. The Labute approximate surface area is 290 Å². The van der Waals surface area contributed by atoms with Crippen LogP contribution in [0, 0.1) is 42.3 Å². The fourth-order valence-corrected chi connectivity index (χ4v) is 6.87. The van der Waals surface area contributed by atoms with E-state index in [0.717, 1.165) is 27.6 Å². The normalized spacial score (nSPS) is 10.8. The Hall–Kier alpha value is -5.32. The predicted octanol–water partition coefficient (Wildman–Crippen LogP) is 8.35. The van der Waals surface area contributed by atoms with Crippen molar-refractivity contribution in [3.05, 3.63) is 115 Å². The molecule has 0 aliphatic rings. The Morgan fingerprint density at radius 2 is 1.08 bits per heavy atom. The van der Waals surface area contributed by atoms with Crippen molar-refractivity contribution in [3.63, 3.8) is 0 Å². The molecule has 6 rings (SSSR count). The third-order valence-corrected chi connectivity index (χ3v) is 9.03. The minimum Gasteiger partial charge on any atom is -0.364 e. The van der Waals surface area contributed by atoms with Gasteiger partial charge in [-0.05, 0) is 79.6 Å². The second-order valence-electron chi connectivity index (χ2n) is 11.1. The summed E-state index contributed by atoms with van der Waals surface area (Å²) in [4.78, 5) is 23.6. The lowest BCUT2D eigenvalue weighted by atomic mass is 9.98. The number of aryl methyl sites for hydroxylation is 4. The van der Waals surface area contributed by atoms with Gasteiger partial charge in [0.15, 0.2) is 0 Å². The number of primary amides is 2. The van der Waals surface area contributed by atoms with E-state index in [1.54, 1.807) is 84.8 Å². The molecule has 0 aliphatic carbocycles. The molecule has 0 atom stereocenters. The van der Waals surface area contributed by atoms with Gasteiger partial charge in [-0.25, -0.2) is 4.39 Å². The van der Waals surface area contributed by atoms with Crippen LogP contribution in [-0.2, 0) is 14.1 Å². The number of nitriles is 2. The Bertz CT molecular complexity index is 2260. The van der Waals surface area contributed by atoms with Gasteiger partial charge in [0.2, 0.25) is 0 Å². The maximum atomic E-state index is 14.4. The van der Waals surface area contributed by atoms with Gasteiger partial charge in [-0.1, -0.05) is 40.9 Å². The fraction of sp³-hybridized carbons (Fsp3) is 0.111. The van der Waals surface area contributed by atoms with Crippen LogP contribution in [0.3, 0.4) is 0 Å². The van der Waals surface area contributed by atoms with Crippen molar-refractivity contribution in [1.29, 1.82) is 10.5 Å². The lowest BCUT2D eigenvalue weighted by Crippen LogP contribution is -2.16. The maximum absolute atomic E-state index is 14.4. The molecule has 0 aliphatic heterocycles. The molecule has 2 heterocycles. The molecular weight excluding hydrogens is 674 g/mol. The van der Waals surface area contributed by atoms with Crippen LogP contribution in [-0.4, -0.2) is 20.9 Å². The molecule has 240 valence electrons. The van der Waals surface area contributed by atoms with Gasteiger partial charge in [0.1, 0.15) is 17.2 Å². The predicted molar refractivity (Wildman–Crippen MR) is 188 cm³/mol. The first-order valence-electron chi connectivity index (χ1n) is 14.3. The number of hydrogen-bond acceptors (Lipinski definition) is 4. The molecule has 2 aromatic heterocycles. The number of halogens is 4. The van der Waals surface area contributed by atoms with Gasteiger partial charge in [0, 0.05) is 62.2 Å². The largest absolute Gasteiger partial charge is 0.364 e. The molecule has 8 nitrogen and oxygen atoms in total. The second-order valence-corrected chi connectivity index (χ2v) is 12.4. The molecule has 0 radical (unpaired) electrons. The highest BCUT2D eigenvalue weighted by Gasteiger charge is 2.23. The van der Waals surface area contributed by atoms with Gasteiger partial charge in [0.05, 0.1) is 34.3 Å². The summed E-state index contributed by atoms with van der Waals surface area (Å²) in [6.07, 6.45) is 0. The van der Waals surface area contributed by atoms with E-state index in [2.05, 4.69) is 12.1 Å². The van der Waals surface area contributed by atoms with Crippen LogP contribution in [0.25, 0.3) is 44.1 Å². The molecule has 0 unspecified atom stereocenters. The number of benzene rings is 4. The molecule has 0 spiro atoms. The van der Waals surface area contributed by atoms with E-state index in [9.17, 15) is 24.5 Å². The fourth-order valence-electron chi connectivity index (χ4n) is 6.20. The summed E-state index contributed by atoms with van der Waals surface area (Å²) in [7, 11) is 3.47. The number of carbonyl (C=O) groups is 2. The number of aromatic nitrogens is 2. The molecule has 0 saturated carbocycles. The number of carbonyl (C=O) groups excluding carboxylic acids is 2. The zero-order valence-electron chi connectivity index (χ0n) is 26.0. The number of hydrogen-bond donors (Lipinski definition) is 2. The number of nitrogens with two attached hydrogens (primary N) is 2. The first-order valence-corrected chi connectivity index (χ1v) is 15.4. The van der Waals surface area contributed by atoms with Crippen molar-refractivity contribution in [2.24, 2.45) is 25.6 Å². The van der Waals surface area contributed by atoms with Crippen molar-refractivity contribution in [3.8, 4) is 34.4 Å². The van der Waals surface area contributed by atoms with E-state index >= 15 is 0 Å². The van der Waals surface area contributed by atoms with Gasteiger partial charge < -0.3 is 20.6 Å². The highest BCUT2D eigenvalue weighted by Crippen LogP contribution is 2.39. The Morgan fingerprint density at radius 1 is 0.667 bits per heavy atom. The summed E-state index contributed by atoms with van der Waals surface area (Å²) in [5.74, 6) is -1.59. The zero-order chi connectivity index (χ0) is 35.2. The molecule has 12 heteroatoms. The van der Waals surface area contributed by atoms with Gasteiger partial charge >= 0.3 is 0 Å². The molecule has 0 fully saturated rings. The summed E-state index contributed by atoms with van der Waals surface area (Å²) in [6, 6.07) is 20.5. The molecule has 4 N–H and O–H groups in total. The molecule has 0 bridgehead atoms. The van der Waals surface area contributed by atoms with E-state index in [1.165, 1.54) is 6.07 Å². The van der Waals surface area contributed by atoms with Gasteiger partial charge in [0.25, 0.3) is 11.8 Å². The molecule has 4 aromatic carbocycles. The lowest BCUT2D eigenvalue weighted by Gasteiger charge is -2.10. The van der Waals surface area contributed by atoms with Crippen LogP contribution >= 0.6 is 34.8 Å². The molecule has 0 saturated heterocycles. The van der Waals surface area contributed by atoms with Crippen molar-refractivity contribution >= 4 is 68.4 Å². The summed E-state index contributed by atoms with van der Waals surface area (Å²) >= 11 is 18.2. The average Bonchev–Trinajstić information content (AvgIpc) is 3.44. The summed E-state index contributed by atoms with van der Waals surface area (Å²) in [5, 5.41) is 21.4. The molecular formula is C36H26Cl3FN6O2. The first-order chi connectivity index (χ1) is 22.7. The van der Waals surface area contributed by atoms with Gasteiger partial charge in [-0.15, -0.1) is 0 Å². The topological polar surface area (TPSA) is 144 Å². The van der Waals surface area contributed by atoms with E-state index in [0.29, 0.717) is 60.2 Å². The summed E-state index contributed by atoms with van der Waals surface area (Å²) in [6.45, 7) is 3.57. The highest BCUT2D eigenvalue weighted by atomic mass is 35.5. The van der Waals surface area contributed by atoms with Crippen LogP contribution in [0.5, 0.6) is 0 Å². The number of nitrogens with zero attached hydrogens (tertiary/aromatic N) is 4. The molecule has 2 amide bonds. The molecule has 6 aromatic rings. The van der Waals surface area contributed by atoms with Crippen LogP contribution < -0.4 is 11.5 Å². The second kappa shape index (κ2) is 13.1. The number of rotatable bonds is 4. The summed E-state index contributed by atoms with van der Waals surface area (Å²) < 4.78 is 17.8. The van der Waals surface area contributed by atoms with Crippen molar-refractivity contribution < 1.29 is 14.0 Å². The molecule has 48 heavy (non-hydrogen) atoms. The maximum Gasteiger partial charge on any atom is 0.265 e. The monoisotopic (exact) mass is 698 g/mol. The van der Waals surface area contributed by atoms with Gasteiger partial charge in [-0.3, -0.25) is 9.59 Å². The van der Waals surface area contributed by atoms with Gasteiger partial charge in [-0.2, -0.15) is 10.5 Å². The van der Waals surface area contributed by atoms with Crippen molar-refractivity contribution in [2.45, 2.75) is 13.8 Å². The number of amides is 2. The van der Waals surface area contributed by atoms with E-state index < -0.39 is 17.6 Å². The van der Waals surface area contributed by atoms with Crippen LogP contribution in [0.1, 0.15) is 43.2 Å². The highest BCUT2D eigenvalue weighted by molar-refractivity contribution is 6.36. The third-order valence-electron chi connectivity index (χ3n) is 8.25. The standard InChI is InChI=1S/C18H13Cl2N3O.C18H13ClFN3O/c2*1-9-13-5-10(8-21)6-14(12-4-3-11(19)7-15(12)20)17(13)23(2)16(9)18(22)24/h2*3-7H,1-2H3,(H2,22,24). The lowest BCUT2D eigenvalue weighted by molar-refractivity contribution is 0.0984. The number of fused-ring (bicyclic) bond motifs is 2.